The third kappa shape index (κ3) is 8.32. The minimum absolute atomic E-state index is 0.00855. The van der Waals surface area contributed by atoms with Gasteiger partial charge in [0.2, 0.25) is 13.4 Å². The standard InChI is InChI=1S/C50H44B2O2/c1-53-37-47(49(41-21-9-3-10-22-41)51(43-25-13-5-14-26-43)44-27-15-6-16-28-44)39-33-35-40(36-34-39)48(38-54-2)50(42-23-11-4-12-24-42)52(45-29-17-7-18-30-45)46-31-19-8-20-32-46/h3-36H,37-38H2,1-2H3. The van der Waals surface area contributed by atoms with E-state index in [0.717, 1.165) is 22.3 Å². The van der Waals surface area contributed by atoms with Crippen molar-refractivity contribution < 1.29 is 9.47 Å². The molecule has 0 heterocycles. The fourth-order valence-electron chi connectivity index (χ4n) is 7.69. The molecule has 0 saturated carbocycles. The summed E-state index contributed by atoms with van der Waals surface area (Å²) in [5.41, 5.74) is 14.3. The second kappa shape index (κ2) is 18.2. The maximum absolute atomic E-state index is 6.04. The fraction of sp³-hybridized carbons (Fsp3) is 0.0800. The Bertz CT molecular complexity index is 2010. The highest BCUT2D eigenvalue weighted by molar-refractivity contribution is 7.01. The molecule has 0 bridgehead atoms. The summed E-state index contributed by atoms with van der Waals surface area (Å²) in [4.78, 5) is 0. The van der Waals surface area contributed by atoms with Gasteiger partial charge in [0.05, 0.1) is 13.2 Å². The molecule has 0 unspecified atom stereocenters. The van der Waals surface area contributed by atoms with Crippen LogP contribution in [0.25, 0.3) is 22.1 Å². The van der Waals surface area contributed by atoms with E-state index in [1.54, 1.807) is 14.2 Å². The SMILES string of the molecule is COCC(=C(B(c1ccccc1)c1ccccc1)c1ccccc1)c1ccc(C(COC)=C(B(c2ccccc2)c2ccccc2)c2ccccc2)cc1. The summed E-state index contributed by atoms with van der Waals surface area (Å²) in [5.74, 6) is 0. The lowest BCUT2D eigenvalue weighted by atomic mass is 9.34. The van der Waals surface area contributed by atoms with Crippen LogP contribution in [0.15, 0.2) is 206 Å². The Labute approximate surface area is 321 Å². The van der Waals surface area contributed by atoms with Gasteiger partial charge >= 0.3 is 0 Å². The van der Waals surface area contributed by atoms with Crippen molar-refractivity contribution in [2.75, 3.05) is 27.4 Å². The van der Waals surface area contributed by atoms with Gasteiger partial charge in [-0.3, -0.25) is 0 Å². The van der Waals surface area contributed by atoms with Gasteiger partial charge in [-0.2, -0.15) is 0 Å². The van der Waals surface area contributed by atoms with Gasteiger partial charge < -0.3 is 9.47 Å². The van der Waals surface area contributed by atoms with Crippen LogP contribution in [0.4, 0.5) is 0 Å². The molecule has 2 nitrogen and oxygen atoms in total. The molecular weight excluding hydrogens is 654 g/mol. The van der Waals surface area contributed by atoms with Gasteiger partial charge in [-0.15, -0.1) is 0 Å². The fourth-order valence-corrected chi connectivity index (χ4v) is 7.69. The topological polar surface area (TPSA) is 18.5 Å². The molecule has 7 aromatic rings. The van der Waals surface area contributed by atoms with Gasteiger partial charge in [0.15, 0.2) is 0 Å². The molecule has 0 aromatic heterocycles. The third-order valence-corrected chi connectivity index (χ3v) is 10.1. The molecule has 0 amide bonds. The predicted molar refractivity (Wildman–Crippen MR) is 233 cm³/mol. The number of rotatable bonds is 14. The average Bonchev–Trinajstić information content (AvgIpc) is 3.25. The lowest BCUT2D eigenvalue weighted by molar-refractivity contribution is 0.240. The van der Waals surface area contributed by atoms with Crippen molar-refractivity contribution in [2.45, 2.75) is 0 Å². The first-order chi connectivity index (χ1) is 26.8. The summed E-state index contributed by atoms with van der Waals surface area (Å²) in [6.07, 6.45) is 0. The van der Waals surface area contributed by atoms with Crippen molar-refractivity contribution in [3.05, 3.63) is 229 Å². The van der Waals surface area contributed by atoms with E-state index in [4.69, 9.17) is 9.47 Å². The molecule has 4 heteroatoms. The summed E-state index contributed by atoms with van der Waals surface area (Å²) in [7, 11) is 3.58. The number of hydrogen-bond acceptors (Lipinski definition) is 2. The highest BCUT2D eigenvalue weighted by Gasteiger charge is 2.30. The van der Waals surface area contributed by atoms with Crippen LogP contribution in [0.5, 0.6) is 0 Å². The number of methoxy groups -OCH3 is 2. The Morgan fingerprint density at radius 1 is 0.315 bits per heavy atom. The molecule has 0 radical (unpaired) electrons. The molecule has 0 aliphatic carbocycles. The normalized spacial score (nSPS) is 12.0. The molecule has 7 aromatic carbocycles. The highest BCUT2D eigenvalue weighted by Crippen LogP contribution is 2.33. The van der Waals surface area contributed by atoms with E-state index in [-0.39, 0.29) is 13.4 Å². The number of hydrogen-bond donors (Lipinski definition) is 0. The van der Waals surface area contributed by atoms with E-state index in [0.29, 0.717) is 13.2 Å². The quantitative estimate of drug-likeness (QED) is 0.0839. The van der Waals surface area contributed by atoms with Crippen LogP contribution in [-0.2, 0) is 9.47 Å². The van der Waals surface area contributed by atoms with Crippen molar-refractivity contribution in [2.24, 2.45) is 0 Å². The van der Waals surface area contributed by atoms with Crippen molar-refractivity contribution in [1.82, 2.24) is 0 Å². The molecule has 0 atom stereocenters. The summed E-state index contributed by atoms with van der Waals surface area (Å²) < 4.78 is 12.1. The Kier molecular flexibility index (Phi) is 12.3. The van der Waals surface area contributed by atoms with Crippen molar-refractivity contribution in [1.29, 1.82) is 0 Å². The van der Waals surface area contributed by atoms with Gasteiger partial charge in [0.1, 0.15) is 0 Å². The van der Waals surface area contributed by atoms with Crippen molar-refractivity contribution in [3.63, 3.8) is 0 Å². The zero-order chi connectivity index (χ0) is 37.0. The molecule has 0 aliphatic rings. The second-order valence-corrected chi connectivity index (χ2v) is 13.5. The first-order valence-electron chi connectivity index (χ1n) is 18.6. The van der Waals surface area contributed by atoms with Gasteiger partial charge in [-0.1, -0.05) is 239 Å². The van der Waals surface area contributed by atoms with E-state index in [1.165, 1.54) is 43.9 Å². The van der Waals surface area contributed by atoms with Crippen LogP contribution < -0.4 is 21.9 Å². The summed E-state index contributed by atoms with van der Waals surface area (Å²) in [6.45, 7) is 0.899. The van der Waals surface area contributed by atoms with Crippen molar-refractivity contribution >= 4 is 57.4 Å². The lowest BCUT2D eigenvalue weighted by Crippen LogP contribution is -2.44. The minimum atomic E-state index is -0.00855. The average molecular weight is 699 g/mol. The number of ether oxygens (including phenoxy) is 2. The van der Waals surface area contributed by atoms with Crippen LogP contribution >= 0.6 is 0 Å². The molecular formula is C50H44B2O2. The molecule has 0 spiro atoms. The number of benzene rings is 7. The molecule has 0 saturated heterocycles. The monoisotopic (exact) mass is 698 g/mol. The molecule has 0 aliphatic heterocycles. The van der Waals surface area contributed by atoms with E-state index >= 15 is 0 Å². The molecule has 0 fully saturated rings. The second-order valence-electron chi connectivity index (χ2n) is 13.5. The van der Waals surface area contributed by atoms with E-state index in [9.17, 15) is 0 Å². The first-order valence-corrected chi connectivity index (χ1v) is 18.6. The lowest BCUT2D eigenvalue weighted by Gasteiger charge is -2.25. The Hall–Kier alpha value is -5.93. The Morgan fingerprint density at radius 3 is 0.796 bits per heavy atom. The minimum Gasteiger partial charge on any atom is -0.380 e. The summed E-state index contributed by atoms with van der Waals surface area (Å²) in [6, 6.07) is 73.8. The predicted octanol–water partition coefficient (Wildman–Crippen LogP) is 8.50. The van der Waals surface area contributed by atoms with Crippen molar-refractivity contribution in [3.8, 4) is 0 Å². The van der Waals surface area contributed by atoms with Crippen LogP contribution in [0.3, 0.4) is 0 Å². The highest BCUT2D eigenvalue weighted by atomic mass is 16.5. The summed E-state index contributed by atoms with van der Waals surface area (Å²) >= 11 is 0. The molecule has 7 rings (SSSR count). The third-order valence-electron chi connectivity index (χ3n) is 10.1. The molecule has 262 valence electrons. The summed E-state index contributed by atoms with van der Waals surface area (Å²) in [5, 5.41) is 0. The molecule has 54 heavy (non-hydrogen) atoms. The Morgan fingerprint density at radius 2 is 0.556 bits per heavy atom. The van der Waals surface area contributed by atoms with Crippen LogP contribution in [-0.4, -0.2) is 40.9 Å². The largest absolute Gasteiger partial charge is 0.380 e. The Balaban J connectivity index is 1.45. The van der Waals surface area contributed by atoms with E-state index in [2.05, 4.69) is 206 Å². The van der Waals surface area contributed by atoms with Gasteiger partial charge in [-0.25, -0.2) is 0 Å². The van der Waals surface area contributed by atoms with Gasteiger partial charge in [0.25, 0.3) is 0 Å². The smallest absolute Gasteiger partial charge is 0.242 e. The van der Waals surface area contributed by atoms with E-state index < -0.39 is 0 Å². The molecule has 0 N–H and O–H groups in total. The van der Waals surface area contributed by atoms with Crippen LogP contribution in [0.1, 0.15) is 22.3 Å². The van der Waals surface area contributed by atoms with Gasteiger partial charge in [0, 0.05) is 14.2 Å². The zero-order valence-corrected chi connectivity index (χ0v) is 31.0. The first kappa shape index (κ1) is 36.4. The maximum atomic E-state index is 6.04. The van der Waals surface area contributed by atoms with E-state index in [1.807, 2.05) is 0 Å². The van der Waals surface area contributed by atoms with Crippen LogP contribution in [0, 0.1) is 0 Å². The van der Waals surface area contributed by atoms with Gasteiger partial charge in [-0.05, 0) is 33.4 Å². The van der Waals surface area contributed by atoms with Crippen LogP contribution in [0.2, 0.25) is 0 Å². The zero-order valence-electron chi connectivity index (χ0n) is 31.0. The maximum Gasteiger partial charge on any atom is 0.242 e.